The van der Waals surface area contributed by atoms with Crippen LogP contribution in [0.1, 0.15) is 33.1 Å². The fraction of sp³-hybridized carbons (Fsp3) is 0.818. The number of nitrogens with one attached hydrogen (secondary N) is 2. The van der Waals surface area contributed by atoms with Crippen LogP contribution >= 0.6 is 0 Å². The van der Waals surface area contributed by atoms with E-state index in [1.54, 1.807) is 6.92 Å². The van der Waals surface area contributed by atoms with Gasteiger partial charge in [0, 0.05) is 13.2 Å². The lowest BCUT2D eigenvalue weighted by molar-refractivity contribution is -0.139. The fourth-order valence-electron chi connectivity index (χ4n) is 1.79. The number of rotatable bonds is 5. The molecule has 0 spiro atoms. The zero-order chi connectivity index (χ0) is 12.9. The van der Waals surface area contributed by atoms with Gasteiger partial charge in [-0.25, -0.2) is 9.59 Å². The van der Waals surface area contributed by atoms with Gasteiger partial charge in [0.1, 0.15) is 6.04 Å². The molecule has 17 heavy (non-hydrogen) atoms. The predicted octanol–water partition coefficient (Wildman–Crippen LogP) is 0.718. The number of carboxylic acid groups (broad SMARTS) is 1. The van der Waals surface area contributed by atoms with Gasteiger partial charge in [0.15, 0.2) is 0 Å². The molecule has 6 nitrogen and oxygen atoms in total. The predicted molar refractivity (Wildman–Crippen MR) is 61.8 cm³/mol. The smallest absolute Gasteiger partial charge is 0.326 e. The molecule has 2 atom stereocenters. The summed E-state index contributed by atoms with van der Waals surface area (Å²) in [7, 11) is 0. The number of hydrogen-bond donors (Lipinski definition) is 3. The summed E-state index contributed by atoms with van der Waals surface area (Å²) in [5.74, 6) is -1.02. The number of ether oxygens (including phenoxy) is 1. The quantitative estimate of drug-likeness (QED) is 0.665. The van der Waals surface area contributed by atoms with E-state index < -0.39 is 18.0 Å². The van der Waals surface area contributed by atoms with E-state index in [0.29, 0.717) is 19.6 Å². The second-order valence-corrected chi connectivity index (χ2v) is 4.53. The summed E-state index contributed by atoms with van der Waals surface area (Å²) in [6.45, 7) is 4.76. The summed E-state index contributed by atoms with van der Waals surface area (Å²) in [5.41, 5.74) is -0.317. The topological polar surface area (TPSA) is 87.7 Å². The van der Waals surface area contributed by atoms with Crippen molar-refractivity contribution in [2.24, 2.45) is 0 Å². The van der Waals surface area contributed by atoms with E-state index in [2.05, 4.69) is 10.6 Å². The lowest BCUT2D eigenvalue weighted by Gasteiger charge is -2.24. The van der Waals surface area contributed by atoms with Crippen LogP contribution in [-0.2, 0) is 9.53 Å². The monoisotopic (exact) mass is 244 g/mol. The Morgan fingerprint density at radius 1 is 1.53 bits per heavy atom. The van der Waals surface area contributed by atoms with Crippen molar-refractivity contribution in [2.45, 2.75) is 44.8 Å². The second kappa shape index (κ2) is 5.86. The van der Waals surface area contributed by atoms with E-state index in [9.17, 15) is 9.59 Å². The maximum atomic E-state index is 11.5. The molecule has 6 heteroatoms. The molecule has 98 valence electrons. The SMILES string of the molecule is CCC(NC(=O)NCC1(C)CCCO1)C(=O)O. The normalized spacial score (nSPS) is 25.3. The second-order valence-electron chi connectivity index (χ2n) is 4.53. The summed E-state index contributed by atoms with van der Waals surface area (Å²) >= 11 is 0. The zero-order valence-electron chi connectivity index (χ0n) is 10.3. The number of aliphatic carboxylic acids is 1. The van der Waals surface area contributed by atoms with Crippen molar-refractivity contribution in [3.8, 4) is 0 Å². The Morgan fingerprint density at radius 3 is 2.71 bits per heavy atom. The summed E-state index contributed by atoms with van der Waals surface area (Å²) in [6.07, 6.45) is 2.26. The van der Waals surface area contributed by atoms with Gasteiger partial charge in [0.2, 0.25) is 0 Å². The van der Waals surface area contributed by atoms with Gasteiger partial charge < -0.3 is 20.5 Å². The largest absolute Gasteiger partial charge is 0.480 e. The number of urea groups is 1. The van der Waals surface area contributed by atoms with E-state index in [1.807, 2.05) is 6.92 Å². The van der Waals surface area contributed by atoms with E-state index in [4.69, 9.17) is 9.84 Å². The highest BCUT2D eigenvalue weighted by atomic mass is 16.5. The van der Waals surface area contributed by atoms with E-state index >= 15 is 0 Å². The van der Waals surface area contributed by atoms with Crippen LogP contribution in [0.2, 0.25) is 0 Å². The van der Waals surface area contributed by atoms with Gasteiger partial charge >= 0.3 is 12.0 Å². The molecule has 0 aromatic carbocycles. The minimum atomic E-state index is -1.02. The number of carboxylic acids is 1. The van der Waals surface area contributed by atoms with Crippen molar-refractivity contribution < 1.29 is 19.4 Å². The summed E-state index contributed by atoms with van der Waals surface area (Å²) in [4.78, 5) is 22.2. The molecule has 1 heterocycles. The maximum absolute atomic E-state index is 11.5. The molecule has 0 aromatic rings. The first-order valence-corrected chi connectivity index (χ1v) is 5.88. The Kier molecular flexibility index (Phi) is 4.74. The summed E-state index contributed by atoms with van der Waals surface area (Å²) < 4.78 is 5.51. The molecule has 0 saturated carbocycles. The van der Waals surface area contributed by atoms with Crippen LogP contribution in [0.15, 0.2) is 0 Å². The van der Waals surface area contributed by atoms with Crippen molar-refractivity contribution in [2.75, 3.05) is 13.2 Å². The number of amides is 2. The van der Waals surface area contributed by atoms with Gasteiger partial charge in [-0.1, -0.05) is 6.92 Å². The molecule has 3 N–H and O–H groups in total. The Balaban J connectivity index is 2.31. The molecule has 2 unspecified atom stereocenters. The average Bonchev–Trinajstić information content (AvgIpc) is 2.70. The van der Waals surface area contributed by atoms with Crippen molar-refractivity contribution in [1.29, 1.82) is 0 Å². The highest BCUT2D eigenvalue weighted by molar-refractivity contribution is 5.82. The highest BCUT2D eigenvalue weighted by Gasteiger charge is 2.30. The minimum Gasteiger partial charge on any atom is -0.480 e. The third-order valence-electron chi connectivity index (χ3n) is 2.94. The van der Waals surface area contributed by atoms with Crippen molar-refractivity contribution in [3.63, 3.8) is 0 Å². The molecule has 0 radical (unpaired) electrons. The molecule has 1 rings (SSSR count). The average molecular weight is 244 g/mol. The van der Waals surface area contributed by atoms with E-state index in [1.165, 1.54) is 0 Å². The Bertz CT molecular complexity index is 287. The molecule has 2 amide bonds. The van der Waals surface area contributed by atoms with Crippen LogP contribution in [0.25, 0.3) is 0 Å². The van der Waals surface area contributed by atoms with Gasteiger partial charge in [0.25, 0.3) is 0 Å². The third-order valence-corrected chi connectivity index (χ3v) is 2.94. The van der Waals surface area contributed by atoms with Crippen LogP contribution in [0.3, 0.4) is 0 Å². The zero-order valence-corrected chi connectivity index (χ0v) is 10.3. The van der Waals surface area contributed by atoms with Crippen LogP contribution in [0, 0.1) is 0 Å². The Labute approximate surface area is 101 Å². The minimum absolute atomic E-state index is 0.317. The first-order chi connectivity index (χ1) is 7.97. The van der Waals surface area contributed by atoms with Crippen molar-refractivity contribution >= 4 is 12.0 Å². The van der Waals surface area contributed by atoms with Crippen LogP contribution in [0.4, 0.5) is 4.79 Å². The molecule has 0 aliphatic carbocycles. The number of carbonyl (C=O) groups is 2. The van der Waals surface area contributed by atoms with Crippen molar-refractivity contribution in [1.82, 2.24) is 10.6 Å². The highest BCUT2D eigenvalue weighted by Crippen LogP contribution is 2.23. The van der Waals surface area contributed by atoms with Gasteiger partial charge in [-0.15, -0.1) is 0 Å². The first kappa shape index (κ1) is 13.8. The van der Waals surface area contributed by atoms with E-state index in [0.717, 1.165) is 12.8 Å². The van der Waals surface area contributed by atoms with Gasteiger partial charge in [-0.05, 0) is 26.2 Å². The van der Waals surface area contributed by atoms with Crippen LogP contribution < -0.4 is 10.6 Å². The summed E-state index contributed by atoms with van der Waals surface area (Å²) in [6, 6.07) is -1.30. The number of hydrogen-bond acceptors (Lipinski definition) is 3. The van der Waals surface area contributed by atoms with Crippen molar-refractivity contribution in [3.05, 3.63) is 0 Å². The number of carbonyl (C=O) groups excluding carboxylic acids is 1. The molecular weight excluding hydrogens is 224 g/mol. The lowest BCUT2D eigenvalue weighted by atomic mass is 10.0. The molecular formula is C11H20N2O4. The molecule has 1 aliphatic rings. The lowest BCUT2D eigenvalue weighted by Crippen LogP contribution is -2.49. The molecule has 0 bridgehead atoms. The van der Waals surface area contributed by atoms with Gasteiger partial charge in [-0.3, -0.25) is 0 Å². The summed E-state index contributed by atoms with van der Waals surface area (Å²) in [5, 5.41) is 13.8. The maximum Gasteiger partial charge on any atom is 0.326 e. The third kappa shape index (κ3) is 4.22. The molecule has 1 saturated heterocycles. The van der Waals surface area contributed by atoms with Crippen LogP contribution in [-0.4, -0.2) is 41.9 Å². The standard InChI is InChI=1S/C11H20N2O4/c1-3-8(9(14)15)13-10(16)12-7-11(2)5-4-6-17-11/h8H,3-7H2,1-2H3,(H,14,15)(H2,12,13,16). The Morgan fingerprint density at radius 2 is 2.24 bits per heavy atom. The Hall–Kier alpha value is -1.30. The van der Waals surface area contributed by atoms with Gasteiger partial charge in [0.05, 0.1) is 5.60 Å². The molecule has 0 aromatic heterocycles. The van der Waals surface area contributed by atoms with Crippen LogP contribution in [0.5, 0.6) is 0 Å². The van der Waals surface area contributed by atoms with E-state index in [-0.39, 0.29) is 5.60 Å². The molecule has 1 fully saturated rings. The molecule has 1 aliphatic heterocycles. The van der Waals surface area contributed by atoms with Gasteiger partial charge in [-0.2, -0.15) is 0 Å². The fourth-order valence-corrected chi connectivity index (χ4v) is 1.79. The first-order valence-electron chi connectivity index (χ1n) is 5.88.